The molecule has 0 radical (unpaired) electrons. The number of ether oxygens (including phenoxy) is 1. The SMILES string of the molecule is COc1ccccc1CNC(=O)CN(Cc1ccccc1)S(=O)(=O)c1cccs1. The fourth-order valence-electron chi connectivity index (χ4n) is 2.81. The number of para-hydroxylation sites is 1. The molecular weight excluding hydrogens is 408 g/mol. The summed E-state index contributed by atoms with van der Waals surface area (Å²) in [6, 6.07) is 19.8. The standard InChI is InChI=1S/C21H22N2O4S2/c1-27-19-11-6-5-10-18(19)14-22-20(24)16-23(15-17-8-3-2-4-9-17)29(25,26)21-12-7-13-28-21/h2-13H,14-16H2,1H3,(H,22,24). The van der Waals surface area contributed by atoms with Gasteiger partial charge in [-0.15, -0.1) is 11.3 Å². The van der Waals surface area contributed by atoms with Gasteiger partial charge in [-0.3, -0.25) is 4.79 Å². The van der Waals surface area contributed by atoms with Crippen molar-refractivity contribution in [2.45, 2.75) is 17.3 Å². The molecule has 1 amide bonds. The van der Waals surface area contributed by atoms with E-state index >= 15 is 0 Å². The molecule has 8 heteroatoms. The molecule has 0 bridgehead atoms. The summed E-state index contributed by atoms with van der Waals surface area (Å²) < 4.78 is 32.8. The zero-order valence-corrected chi connectivity index (χ0v) is 17.6. The first kappa shape index (κ1) is 21.0. The number of hydrogen-bond donors (Lipinski definition) is 1. The van der Waals surface area contributed by atoms with Crippen molar-refractivity contribution in [3.05, 3.63) is 83.2 Å². The van der Waals surface area contributed by atoms with Crippen molar-refractivity contribution < 1.29 is 17.9 Å². The van der Waals surface area contributed by atoms with E-state index in [0.717, 1.165) is 22.5 Å². The van der Waals surface area contributed by atoms with Gasteiger partial charge in [-0.2, -0.15) is 4.31 Å². The number of thiophene rings is 1. The molecule has 0 aliphatic heterocycles. The van der Waals surface area contributed by atoms with E-state index in [1.54, 1.807) is 24.6 Å². The number of nitrogens with one attached hydrogen (secondary N) is 1. The summed E-state index contributed by atoms with van der Waals surface area (Å²) in [6.07, 6.45) is 0. The van der Waals surface area contributed by atoms with Crippen LogP contribution in [-0.4, -0.2) is 32.3 Å². The fraction of sp³-hybridized carbons (Fsp3) is 0.190. The number of methoxy groups -OCH3 is 1. The molecule has 0 saturated heterocycles. The van der Waals surface area contributed by atoms with E-state index in [0.29, 0.717) is 5.75 Å². The number of hydrogen-bond acceptors (Lipinski definition) is 5. The first-order valence-corrected chi connectivity index (χ1v) is 11.3. The quantitative estimate of drug-likeness (QED) is 0.565. The van der Waals surface area contributed by atoms with Gasteiger partial charge in [-0.25, -0.2) is 8.42 Å². The molecule has 29 heavy (non-hydrogen) atoms. The number of amides is 1. The summed E-state index contributed by atoms with van der Waals surface area (Å²) in [5.41, 5.74) is 1.63. The lowest BCUT2D eigenvalue weighted by atomic mass is 10.2. The van der Waals surface area contributed by atoms with E-state index in [2.05, 4.69) is 5.32 Å². The third kappa shape index (κ3) is 5.44. The maximum absolute atomic E-state index is 13.0. The summed E-state index contributed by atoms with van der Waals surface area (Å²) in [6.45, 7) is 0.0918. The minimum Gasteiger partial charge on any atom is -0.496 e. The zero-order chi connectivity index (χ0) is 20.7. The molecule has 1 heterocycles. The molecule has 1 aromatic heterocycles. The van der Waals surface area contributed by atoms with Crippen LogP contribution in [0, 0.1) is 0 Å². The number of nitrogens with zero attached hydrogens (tertiary/aromatic N) is 1. The Morgan fingerprint density at radius 3 is 2.45 bits per heavy atom. The normalized spacial score (nSPS) is 11.4. The van der Waals surface area contributed by atoms with Gasteiger partial charge in [-0.05, 0) is 23.1 Å². The molecule has 2 aromatic carbocycles. The molecule has 1 N–H and O–H groups in total. The predicted molar refractivity (Wildman–Crippen MR) is 113 cm³/mol. The van der Waals surface area contributed by atoms with Gasteiger partial charge in [0.05, 0.1) is 13.7 Å². The average Bonchev–Trinajstić information content (AvgIpc) is 3.28. The van der Waals surface area contributed by atoms with Crippen LogP contribution in [0.4, 0.5) is 0 Å². The van der Waals surface area contributed by atoms with Crippen LogP contribution in [0.1, 0.15) is 11.1 Å². The largest absolute Gasteiger partial charge is 0.496 e. The van der Waals surface area contributed by atoms with Gasteiger partial charge >= 0.3 is 0 Å². The minimum absolute atomic E-state index is 0.114. The maximum atomic E-state index is 13.0. The number of benzene rings is 2. The van der Waals surface area contributed by atoms with Crippen LogP contribution in [0.15, 0.2) is 76.3 Å². The minimum atomic E-state index is -3.78. The van der Waals surface area contributed by atoms with E-state index in [1.807, 2.05) is 54.6 Å². The molecule has 0 aliphatic carbocycles. The molecule has 3 rings (SSSR count). The topological polar surface area (TPSA) is 75.7 Å². The Balaban J connectivity index is 1.75. The van der Waals surface area contributed by atoms with Crippen molar-refractivity contribution in [2.75, 3.05) is 13.7 Å². The highest BCUT2D eigenvalue weighted by Gasteiger charge is 2.27. The van der Waals surface area contributed by atoms with E-state index in [9.17, 15) is 13.2 Å². The third-order valence-corrected chi connectivity index (χ3v) is 7.44. The fourth-order valence-corrected chi connectivity index (χ4v) is 5.34. The maximum Gasteiger partial charge on any atom is 0.253 e. The van der Waals surface area contributed by atoms with Crippen LogP contribution in [0.3, 0.4) is 0 Å². The Labute approximate surface area is 174 Å². The van der Waals surface area contributed by atoms with Gasteiger partial charge in [0.2, 0.25) is 5.91 Å². The Kier molecular flexibility index (Phi) is 7.03. The van der Waals surface area contributed by atoms with Crippen LogP contribution < -0.4 is 10.1 Å². The van der Waals surface area contributed by atoms with Crippen molar-refractivity contribution >= 4 is 27.3 Å². The lowest BCUT2D eigenvalue weighted by Crippen LogP contribution is -2.39. The van der Waals surface area contributed by atoms with Gasteiger partial charge < -0.3 is 10.1 Å². The molecule has 0 atom stereocenters. The molecule has 152 valence electrons. The van der Waals surface area contributed by atoms with Gasteiger partial charge in [0, 0.05) is 18.7 Å². The Hall–Kier alpha value is -2.68. The second-order valence-corrected chi connectivity index (χ2v) is 9.39. The number of sulfonamides is 1. The van der Waals surface area contributed by atoms with Crippen molar-refractivity contribution in [1.82, 2.24) is 9.62 Å². The van der Waals surface area contributed by atoms with Gasteiger partial charge in [0.15, 0.2) is 0 Å². The molecular formula is C21H22N2O4S2. The highest BCUT2D eigenvalue weighted by molar-refractivity contribution is 7.91. The lowest BCUT2D eigenvalue weighted by Gasteiger charge is -2.21. The van der Waals surface area contributed by atoms with Crippen LogP contribution in [0.25, 0.3) is 0 Å². The predicted octanol–water partition coefficient (Wildman–Crippen LogP) is 3.26. The van der Waals surface area contributed by atoms with Crippen molar-refractivity contribution in [2.24, 2.45) is 0 Å². The Morgan fingerprint density at radius 2 is 1.76 bits per heavy atom. The van der Waals surface area contributed by atoms with Crippen molar-refractivity contribution in [3.8, 4) is 5.75 Å². The second kappa shape index (κ2) is 9.69. The number of carbonyl (C=O) groups is 1. The smallest absolute Gasteiger partial charge is 0.253 e. The molecule has 0 unspecified atom stereocenters. The summed E-state index contributed by atoms with van der Waals surface area (Å²) in [5.74, 6) is 0.284. The first-order chi connectivity index (χ1) is 14.0. The van der Waals surface area contributed by atoms with Crippen LogP contribution in [0.5, 0.6) is 5.75 Å². The van der Waals surface area contributed by atoms with Crippen LogP contribution >= 0.6 is 11.3 Å². The number of rotatable bonds is 9. The monoisotopic (exact) mass is 430 g/mol. The molecule has 0 fully saturated rings. The van der Waals surface area contributed by atoms with E-state index in [1.165, 1.54) is 4.31 Å². The van der Waals surface area contributed by atoms with Crippen molar-refractivity contribution in [3.63, 3.8) is 0 Å². The zero-order valence-electron chi connectivity index (χ0n) is 15.9. The molecule has 0 aliphatic rings. The molecule has 3 aromatic rings. The van der Waals surface area contributed by atoms with E-state index in [4.69, 9.17) is 4.74 Å². The second-order valence-electron chi connectivity index (χ2n) is 6.28. The summed E-state index contributed by atoms with van der Waals surface area (Å²) in [4.78, 5) is 12.6. The van der Waals surface area contributed by atoms with Gasteiger partial charge in [0.25, 0.3) is 10.0 Å². The van der Waals surface area contributed by atoms with E-state index in [-0.39, 0.29) is 29.8 Å². The van der Waals surface area contributed by atoms with E-state index < -0.39 is 10.0 Å². The average molecular weight is 431 g/mol. The van der Waals surface area contributed by atoms with Gasteiger partial charge in [-0.1, -0.05) is 54.6 Å². The first-order valence-electron chi connectivity index (χ1n) is 8.97. The lowest BCUT2D eigenvalue weighted by molar-refractivity contribution is -0.121. The molecule has 6 nitrogen and oxygen atoms in total. The summed E-state index contributed by atoms with van der Waals surface area (Å²) in [5, 5.41) is 4.49. The highest BCUT2D eigenvalue weighted by atomic mass is 32.2. The number of carbonyl (C=O) groups excluding carboxylic acids is 1. The Morgan fingerprint density at radius 1 is 1.03 bits per heavy atom. The van der Waals surface area contributed by atoms with Crippen LogP contribution in [-0.2, 0) is 27.9 Å². The van der Waals surface area contributed by atoms with Crippen molar-refractivity contribution in [1.29, 1.82) is 0 Å². The third-order valence-electron chi connectivity index (χ3n) is 4.28. The van der Waals surface area contributed by atoms with Crippen LogP contribution in [0.2, 0.25) is 0 Å². The molecule has 0 spiro atoms. The Bertz CT molecular complexity index is 1040. The summed E-state index contributed by atoms with van der Waals surface area (Å²) in [7, 11) is -2.22. The van der Waals surface area contributed by atoms with Gasteiger partial charge in [0.1, 0.15) is 9.96 Å². The highest BCUT2D eigenvalue weighted by Crippen LogP contribution is 2.23. The summed E-state index contributed by atoms with van der Waals surface area (Å²) >= 11 is 1.13. The molecule has 0 saturated carbocycles.